The van der Waals surface area contributed by atoms with Gasteiger partial charge in [-0.1, -0.05) is 12.8 Å². The van der Waals surface area contributed by atoms with E-state index in [1.54, 1.807) is 54.0 Å². The summed E-state index contributed by atoms with van der Waals surface area (Å²) in [5.74, 6) is 0.953. The summed E-state index contributed by atoms with van der Waals surface area (Å²) in [4.78, 5) is 42.7. The molecule has 1 unspecified atom stereocenters. The van der Waals surface area contributed by atoms with E-state index < -0.39 is 17.9 Å². The second-order valence-corrected chi connectivity index (χ2v) is 8.49. The van der Waals surface area contributed by atoms with Crippen LogP contribution in [0.25, 0.3) is 10.9 Å². The molecule has 2 heterocycles. The van der Waals surface area contributed by atoms with E-state index in [0.29, 0.717) is 41.1 Å². The van der Waals surface area contributed by atoms with E-state index in [1.165, 1.54) is 0 Å². The molecule has 0 fully saturated rings. The van der Waals surface area contributed by atoms with Gasteiger partial charge in [0.1, 0.15) is 17.3 Å². The summed E-state index contributed by atoms with van der Waals surface area (Å²) in [6.45, 7) is 4.71. The smallest absolute Gasteiger partial charge is 0.279 e. The minimum absolute atomic E-state index is 0.0765. The maximum atomic E-state index is 13.0. The summed E-state index contributed by atoms with van der Waals surface area (Å²) >= 11 is 0. The average molecular weight is 479 g/mol. The fourth-order valence-electron chi connectivity index (χ4n) is 4.07. The highest BCUT2D eigenvalue weighted by atomic mass is 16.5. The number of fused-ring (bicyclic) bond motifs is 2. The van der Waals surface area contributed by atoms with E-state index in [0.717, 1.165) is 37.9 Å². The molecule has 0 radical (unpaired) electrons. The number of ether oxygens (including phenoxy) is 2. The summed E-state index contributed by atoms with van der Waals surface area (Å²) < 4.78 is 12.8. The third-order valence-electron chi connectivity index (χ3n) is 5.94. The van der Waals surface area contributed by atoms with Crippen LogP contribution in [0.1, 0.15) is 55.7 Å². The lowest BCUT2D eigenvalue weighted by Crippen LogP contribution is -2.47. The molecule has 0 spiro atoms. The minimum atomic E-state index is -0.842. The molecule has 2 N–H and O–H groups in total. The van der Waals surface area contributed by atoms with E-state index in [9.17, 15) is 14.4 Å². The van der Waals surface area contributed by atoms with Gasteiger partial charge in [0.05, 0.1) is 17.5 Å². The molecule has 0 saturated heterocycles. The van der Waals surface area contributed by atoms with Crippen LogP contribution in [-0.4, -0.2) is 34.1 Å². The molecule has 2 aromatic carbocycles. The summed E-state index contributed by atoms with van der Waals surface area (Å²) in [5.41, 5.74) is 5.48. The van der Waals surface area contributed by atoms with Crippen molar-refractivity contribution >= 4 is 22.7 Å². The van der Waals surface area contributed by atoms with Gasteiger partial charge in [-0.15, -0.1) is 0 Å². The Morgan fingerprint density at radius 1 is 1.03 bits per heavy atom. The fraction of sp³-hybridized carbons (Fsp3) is 0.385. The van der Waals surface area contributed by atoms with Crippen LogP contribution in [0.3, 0.4) is 0 Å². The van der Waals surface area contributed by atoms with Gasteiger partial charge in [-0.2, -0.15) is 0 Å². The Bertz CT molecular complexity index is 1270. The highest BCUT2D eigenvalue weighted by Gasteiger charge is 2.18. The monoisotopic (exact) mass is 478 g/mol. The highest BCUT2D eigenvalue weighted by molar-refractivity contribution is 5.98. The van der Waals surface area contributed by atoms with Crippen LogP contribution in [0.5, 0.6) is 11.5 Å². The van der Waals surface area contributed by atoms with Crippen molar-refractivity contribution in [1.82, 2.24) is 20.4 Å². The summed E-state index contributed by atoms with van der Waals surface area (Å²) in [6, 6.07) is 11.7. The molecule has 1 atom stereocenters. The topological polar surface area (TPSA) is 112 Å². The number of nitrogens with zero attached hydrogens (tertiary/aromatic N) is 2. The van der Waals surface area contributed by atoms with Crippen LogP contribution >= 0.6 is 0 Å². The second kappa shape index (κ2) is 11.0. The van der Waals surface area contributed by atoms with Crippen LogP contribution in [0.2, 0.25) is 0 Å². The number of aromatic nitrogens is 2. The van der Waals surface area contributed by atoms with E-state index >= 15 is 0 Å². The lowest BCUT2D eigenvalue weighted by Gasteiger charge is -2.17. The quantitative estimate of drug-likeness (QED) is 0.527. The van der Waals surface area contributed by atoms with Gasteiger partial charge < -0.3 is 9.47 Å². The first-order chi connectivity index (χ1) is 17.0. The number of carbonyl (C=O) groups excluding carboxylic acids is 2. The first-order valence-corrected chi connectivity index (χ1v) is 12.0. The van der Waals surface area contributed by atoms with Crippen molar-refractivity contribution in [3.63, 3.8) is 0 Å². The third-order valence-corrected chi connectivity index (χ3v) is 5.94. The zero-order valence-electron chi connectivity index (χ0n) is 20.0. The SMILES string of the molecule is CCOc1ccc(OC(C)C(=O)NNC(=O)c2ccc3c(=O)n4c(nc3c2)CCCCCC4)cc1. The van der Waals surface area contributed by atoms with E-state index in [2.05, 4.69) is 15.8 Å². The number of hydrazine groups is 1. The molecule has 35 heavy (non-hydrogen) atoms. The summed E-state index contributed by atoms with van der Waals surface area (Å²) in [5, 5.41) is 0.479. The molecule has 4 rings (SSSR count). The van der Waals surface area contributed by atoms with Crippen LogP contribution in [0, 0.1) is 0 Å². The first-order valence-electron chi connectivity index (χ1n) is 12.0. The molecule has 184 valence electrons. The molecule has 9 nitrogen and oxygen atoms in total. The van der Waals surface area contributed by atoms with Gasteiger partial charge in [0.2, 0.25) is 0 Å². The molecule has 0 saturated carbocycles. The minimum Gasteiger partial charge on any atom is -0.494 e. The maximum absolute atomic E-state index is 13.0. The summed E-state index contributed by atoms with van der Waals surface area (Å²) in [7, 11) is 0. The number of nitrogens with one attached hydrogen (secondary N) is 2. The fourth-order valence-corrected chi connectivity index (χ4v) is 4.07. The molecule has 9 heteroatoms. The molecular weight excluding hydrogens is 448 g/mol. The normalized spacial score (nSPS) is 14.2. The van der Waals surface area contributed by atoms with Gasteiger partial charge in [-0.25, -0.2) is 4.98 Å². The number of benzene rings is 2. The molecule has 0 aliphatic carbocycles. The maximum Gasteiger partial charge on any atom is 0.279 e. The second-order valence-electron chi connectivity index (χ2n) is 8.49. The number of aryl methyl sites for hydroxylation is 1. The van der Waals surface area contributed by atoms with Crippen LogP contribution in [-0.2, 0) is 17.8 Å². The van der Waals surface area contributed by atoms with Gasteiger partial charge in [-0.3, -0.25) is 29.8 Å². The Hall–Kier alpha value is -3.88. The van der Waals surface area contributed by atoms with Gasteiger partial charge in [-0.05, 0) is 69.2 Å². The largest absolute Gasteiger partial charge is 0.494 e. The van der Waals surface area contributed by atoms with Gasteiger partial charge in [0, 0.05) is 18.5 Å². The Morgan fingerprint density at radius 2 is 1.77 bits per heavy atom. The van der Waals surface area contributed by atoms with Crippen molar-refractivity contribution in [1.29, 1.82) is 0 Å². The molecular formula is C26H30N4O5. The predicted octanol–water partition coefficient (Wildman–Crippen LogP) is 3.14. The molecule has 1 aliphatic heterocycles. The van der Waals surface area contributed by atoms with Crippen molar-refractivity contribution in [2.45, 2.75) is 58.6 Å². The van der Waals surface area contributed by atoms with Crippen molar-refractivity contribution in [3.8, 4) is 11.5 Å². The van der Waals surface area contributed by atoms with Gasteiger partial charge in [0.15, 0.2) is 6.10 Å². The highest BCUT2D eigenvalue weighted by Crippen LogP contribution is 2.19. The Morgan fingerprint density at radius 3 is 2.54 bits per heavy atom. The number of hydrogen-bond acceptors (Lipinski definition) is 6. The Balaban J connectivity index is 1.40. The van der Waals surface area contributed by atoms with Crippen LogP contribution < -0.4 is 25.9 Å². The van der Waals surface area contributed by atoms with Crippen molar-refractivity contribution in [2.75, 3.05) is 6.61 Å². The predicted molar refractivity (Wildman–Crippen MR) is 131 cm³/mol. The lowest BCUT2D eigenvalue weighted by molar-refractivity contribution is -0.128. The molecule has 1 aromatic heterocycles. The van der Waals surface area contributed by atoms with E-state index in [4.69, 9.17) is 9.47 Å². The summed E-state index contributed by atoms with van der Waals surface area (Å²) in [6.07, 6.45) is 4.08. The van der Waals surface area contributed by atoms with E-state index in [-0.39, 0.29) is 5.56 Å². The molecule has 2 amide bonds. The molecule has 3 aromatic rings. The third kappa shape index (κ3) is 5.79. The first kappa shape index (κ1) is 24.3. The Kier molecular flexibility index (Phi) is 7.64. The van der Waals surface area contributed by atoms with E-state index in [1.807, 2.05) is 6.92 Å². The van der Waals surface area contributed by atoms with Crippen molar-refractivity contribution in [2.24, 2.45) is 0 Å². The molecule has 1 aliphatic rings. The van der Waals surface area contributed by atoms with Crippen molar-refractivity contribution in [3.05, 3.63) is 64.2 Å². The Labute approximate surface area is 203 Å². The number of rotatable bonds is 6. The van der Waals surface area contributed by atoms with Crippen LogP contribution in [0.15, 0.2) is 47.3 Å². The molecule has 0 bridgehead atoms. The van der Waals surface area contributed by atoms with Crippen LogP contribution in [0.4, 0.5) is 0 Å². The van der Waals surface area contributed by atoms with Crippen molar-refractivity contribution < 1.29 is 19.1 Å². The number of hydrogen-bond donors (Lipinski definition) is 2. The average Bonchev–Trinajstić information content (AvgIpc) is 2.84. The van der Waals surface area contributed by atoms with Gasteiger partial charge in [0.25, 0.3) is 17.4 Å². The standard InChI is InChI=1S/C26H30N4O5/c1-3-34-19-10-12-20(13-11-19)35-17(2)24(31)28-29-25(32)18-9-14-21-22(16-18)27-23-8-6-4-5-7-15-30(23)26(21)33/h9-14,16-17H,3-8,15H2,1-2H3,(H,28,31)(H,29,32). The lowest BCUT2D eigenvalue weighted by atomic mass is 10.1. The number of amides is 2. The number of carbonyl (C=O) groups is 2. The van der Waals surface area contributed by atoms with Gasteiger partial charge >= 0.3 is 0 Å². The zero-order chi connectivity index (χ0) is 24.8. The zero-order valence-corrected chi connectivity index (χ0v) is 20.0.